The highest BCUT2D eigenvalue weighted by Crippen LogP contribution is 2.30. The Morgan fingerprint density at radius 2 is 1.93 bits per heavy atom. The highest BCUT2D eigenvalue weighted by molar-refractivity contribution is 5.94. The van der Waals surface area contributed by atoms with E-state index in [4.69, 9.17) is 15.2 Å². The number of carbonyl (C=O) groups excluding carboxylic acids is 1. The van der Waals surface area contributed by atoms with E-state index in [1.807, 2.05) is 30.3 Å². The first-order valence-corrected chi connectivity index (χ1v) is 9.68. The van der Waals surface area contributed by atoms with Crippen molar-refractivity contribution in [3.63, 3.8) is 0 Å². The number of hydrogen-bond acceptors (Lipinski definition) is 6. The fraction of sp³-hybridized carbons (Fsp3) is 0.227. The largest absolute Gasteiger partial charge is 0.486 e. The molecule has 3 aromatic rings. The molecule has 0 radical (unpaired) electrons. The molecule has 0 aliphatic carbocycles. The summed E-state index contributed by atoms with van der Waals surface area (Å²) in [5, 5.41) is 16.9. The van der Waals surface area contributed by atoms with E-state index >= 15 is 0 Å². The van der Waals surface area contributed by atoms with Gasteiger partial charge in [0, 0.05) is 12.1 Å². The van der Waals surface area contributed by atoms with Crippen molar-refractivity contribution in [3.05, 3.63) is 65.4 Å². The van der Waals surface area contributed by atoms with Crippen LogP contribution in [0.25, 0.3) is 5.69 Å². The van der Waals surface area contributed by atoms with E-state index in [0.717, 1.165) is 5.69 Å². The lowest BCUT2D eigenvalue weighted by molar-refractivity contribution is 0.0952. The Bertz CT molecular complexity index is 1100. The molecule has 1 aromatic heterocycles. The number of fused-ring (bicyclic) bond motifs is 1. The van der Waals surface area contributed by atoms with Gasteiger partial charge in [0.05, 0.1) is 11.4 Å². The van der Waals surface area contributed by atoms with Gasteiger partial charge in [-0.15, -0.1) is 0 Å². The molecule has 8 nitrogen and oxygen atoms in total. The number of benzene rings is 2. The van der Waals surface area contributed by atoms with Crippen molar-refractivity contribution < 1.29 is 14.3 Å². The first-order valence-electron chi connectivity index (χ1n) is 9.68. The van der Waals surface area contributed by atoms with Crippen LogP contribution in [0.2, 0.25) is 0 Å². The Hall–Kier alpha value is -3.99. The van der Waals surface area contributed by atoms with Crippen molar-refractivity contribution in [1.29, 1.82) is 5.26 Å². The molecule has 0 atom stereocenters. The summed E-state index contributed by atoms with van der Waals surface area (Å²) in [5.74, 6) is 1.35. The van der Waals surface area contributed by atoms with Crippen molar-refractivity contribution in [2.45, 2.75) is 12.8 Å². The number of nitriles is 1. The summed E-state index contributed by atoms with van der Waals surface area (Å²) in [6.45, 7) is 1.42. The molecule has 3 N–H and O–H groups in total. The molecule has 8 heteroatoms. The summed E-state index contributed by atoms with van der Waals surface area (Å²) >= 11 is 0. The lowest BCUT2D eigenvalue weighted by Crippen LogP contribution is -2.25. The molecule has 0 saturated carbocycles. The summed E-state index contributed by atoms with van der Waals surface area (Å²) in [5.41, 5.74) is 8.41. The summed E-state index contributed by atoms with van der Waals surface area (Å²) in [4.78, 5) is 12.4. The van der Waals surface area contributed by atoms with Gasteiger partial charge in [-0.05, 0) is 43.2 Å². The lowest BCUT2D eigenvalue weighted by Gasteiger charge is -2.18. The summed E-state index contributed by atoms with van der Waals surface area (Å²) in [7, 11) is 0. The topological polar surface area (TPSA) is 115 Å². The molecule has 0 saturated heterocycles. The molecule has 1 amide bonds. The van der Waals surface area contributed by atoms with Crippen molar-refractivity contribution in [2.75, 3.05) is 25.5 Å². The van der Waals surface area contributed by atoms with Gasteiger partial charge in [0.2, 0.25) is 0 Å². The van der Waals surface area contributed by atoms with Crippen LogP contribution < -0.4 is 20.5 Å². The normalized spacial score (nSPS) is 12.2. The maximum Gasteiger partial charge on any atom is 0.251 e. The van der Waals surface area contributed by atoms with Crippen molar-refractivity contribution >= 4 is 11.7 Å². The molecule has 0 bridgehead atoms. The zero-order chi connectivity index (χ0) is 20.9. The molecule has 0 fully saturated rings. The van der Waals surface area contributed by atoms with Crippen LogP contribution in [0.5, 0.6) is 11.5 Å². The number of ether oxygens (including phenoxy) is 2. The molecule has 0 spiro atoms. The van der Waals surface area contributed by atoms with E-state index < -0.39 is 0 Å². The zero-order valence-electron chi connectivity index (χ0n) is 16.3. The third-order valence-corrected chi connectivity index (χ3v) is 4.79. The molecule has 0 unspecified atom stereocenters. The molecule has 1 aliphatic heterocycles. The van der Waals surface area contributed by atoms with Gasteiger partial charge in [0.25, 0.3) is 5.91 Å². The Labute approximate surface area is 173 Å². The maximum atomic E-state index is 12.4. The molecule has 4 rings (SSSR count). The van der Waals surface area contributed by atoms with E-state index in [2.05, 4.69) is 16.5 Å². The molecule has 1 aliphatic rings. The van der Waals surface area contributed by atoms with Crippen LogP contribution in [0, 0.1) is 11.3 Å². The first-order chi connectivity index (χ1) is 14.7. The van der Waals surface area contributed by atoms with Crippen LogP contribution in [-0.4, -0.2) is 35.4 Å². The van der Waals surface area contributed by atoms with Crippen molar-refractivity contribution in [2.24, 2.45) is 0 Å². The van der Waals surface area contributed by atoms with E-state index in [-0.39, 0.29) is 5.91 Å². The first kappa shape index (κ1) is 19.3. The third-order valence-electron chi connectivity index (χ3n) is 4.79. The number of aryl methyl sites for hydroxylation is 1. The number of aromatic nitrogens is 2. The second-order valence-corrected chi connectivity index (χ2v) is 6.78. The van der Waals surface area contributed by atoms with Crippen LogP contribution in [0.4, 0.5) is 5.82 Å². The van der Waals surface area contributed by atoms with Crippen LogP contribution in [0.15, 0.2) is 48.5 Å². The average Bonchev–Trinajstić information content (AvgIpc) is 3.12. The minimum absolute atomic E-state index is 0.193. The number of nitrogens with two attached hydrogens (primary N) is 1. The number of hydrogen-bond donors (Lipinski definition) is 2. The average molecular weight is 403 g/mol. The van der Waals surface area contributed by atoms with Gasteiger partial charge < -0.3 is 20.5 Å². The van der Waals surface area contributed by atoms with Crippen LogP contribution in [0.3, 0.4) is 0 Å². The number of anilines is 1. The molecular weight excluding hydrogens is 382 g/mol. The van der Waals surface area contributed by atoms with Gasteiger partial charge in [-0.25, -0.2) is 4.68 Å². The number of nitrogen functional groups attached to an aromatic ring is 1. The standard InChI is InChI=1S/C22H21N5O3/c23-14-17-18(26-27(21(17)24)16-5-2-1-3-6-16)7-4-10-25-22(28)15-8-9-19-20(13-15)30-12-11-29-19/h1-3,5-6,8-9,13H,4,7,10-12,24H2,(H,25,28). The van der Waals surface area contributed by atoms with E-state index in [0.29, 0.717) is 66.7 Å². The minimum atomic E-state index is -0.193. The zero-order valence-corrected chi connectivity index (χ0v) is 16.3. The Balaban J connectivity index is 1.37. The minimum Gasteiger partial charge on any atom is -0.486 e. The highest BCUT2D eigenvalue weighted by atomic mass is 16.6. The molecule has 2 heterocycles. The quantitative estimate of drug-likeness (QED) is 0.611. The molecule has 2 aromatic carbocycles. The number of amides is 1. The number of para-hydroxylation sites is 1. The fourth-order valence-electron chi connectivity index (χ4n) is 3.29. The van der Waals surface area contributed by atoms with Crippen molar-refractivity contribution in [1.82, 2.24) is 15.1 Å². The van der Waals surface area contributed by atoms with E-state index in [9.17, 15) is 10.1 Å². The predicted molar refractivity (Wildman–Crippen MR) is 111 cm³/mol. The molecule has 30 heavy (non-hydrogen) atoms. The predicted octanol–water partition coefficient (Wildman–Crippen LogP) is 2.46. The van der Waals surface area contributed by atoms with Gasteiger partial charge in [0.15, 0.2) is 11.5 Å². The molecule has 152 valence electrons. The second kappa shape index (κ2) is 8.57. The van der Waals surface area contributed by atoms with Gasteiger partial charge in [-0.1, -0.05) is 18.2 Å². The third kappa shape index (κ3) is 3.91. The fourth-order valence-corrected chi connectivity index (χ4v) is 3.29. The van der Waals surface area contributed by atoms with Crippen LogP contribution in [-0.2, 0) is 6.42 Å². The number of carbonyl (C=O) groups is 1. The highest BCUT2D eigenvalue weighted by Gasteiger charge is 2.17. The Morgan fingerprint density at radius 1 is 1.17 bits per heavy atom. The Kier molecular flexibility index (Phi) is 5.52. The van der Waals surface area contributed by atoms with Gasteiger partial charge in [-0.3, -0.25) is 4.79 Å². The van der Waals surface area contributed by atoms with Gasteiger partial charge >= 0.3 is 0 Å². The summed E-state index contributed by atoms with van der Waals surface area (Å²) in [6.07, 6.45) is 1.14. The van der Waals surface area contributed by atoms with E-state index in [1.165, 1.54) is 0 Å². The second-order valence-electron chi connectivity index (χ2n) is 6.78. The van der Waals surface area contributed by atoms with Gasteiger partial charge in [0.1, 0.15) is 30.7 Å². The summed E-state index contributed by atoms with van der Waals surface area (Å²) < 4.78 is 12.6. The SMILES string of the molecule is N#Cc1c(CCCNC(=O)c2ccc3c(c2)OCCO3)nn(-c2ccccc2)c1N. The monoisotopic (exact) mass is 403 g/mol. The summed E-state index contributed by atoms with van der Waals surface area (Å²) in [6, 6.07) is 16.7. The smallest absolute Gasteiger partial charge is 0.251 e. The molecular formula is C22H21N5O3. The van der Waals surface area contributed by atoms with Crippen molar-refractivity contribution in [3.8, 4) is 23.3 Å². The maximum absolute atomic E-state index is 12.4. The number of nitrogens with one attached hydrogen (secondary N) is 1. The van der Waals surface area contributed by atoms with Crippen LogP contribution >= 0.6 is 0 Å². The van der Waals surface area contributed by atoms with E-state index in [1.54, 1.807) is 22.9 Å². The lowest BCUT2D eigenvalue weighted by atomic mass is 10.1. The number of nitrogens with zero attached hydrogens (tertiary/aromatic N) is 3. The van der Waals surface area contributed by atoms with Gasteiger partial charge in [-0.2, -0.15) is 10.4 Å². The Morgan fingerprint density at radius 3 is 2.70 bits per heavy atom. The number of rotatable bonds is 6. The van der Waals surface area contributed by atoms with Crippen LogP contribution in [0.1, 0.15) is 28.0 Å².